The van der Waals surface area contributed by atoms with Crippen LogP contribution in [0.2, 0.25) is 10.0 Å². The number of carbonyl (C=O) groups is 1. The monoisotopic (exact) mass is 464 g/mol. The Morgan fingerprint density at radius 2 is 2.13 bits per heavy atom. The molecule has 3 aromatic rings. The summed E-state index contributed by atoms with van der Waals surface area (Å²) >= 11 is 13.3. The van der Waals surface area contributed by atoms with Crippen LogP contribution in [-0.4, -0.2) is 24.2 Å². The molecule has 2 aromatic carbocycles. The first-order chi connectivity index (χ1) is 14.4. The van der Waals surface area contributed by atoms with Crippen molar-refractivity contribution in [1.29, 1.82) is 0 Å². The van der Waals surface area contributed by atoms with E-state index in [-0.39, 0.29) is 6.61 Å². The van der Waals surface area contributed by atoms with Crippen molar-refractivity contribution < 1.29 is 14.3 Å². The van der Waals surface area contributed by atoms with Gasteiger partial charge in [-0.25, -0.2) is 10.4 Å². The zero-order valence-corrected chi connectivity index (χ0v) is 18.4. The number of benzene rings is 2. The molecule has 10 heteroatoms. The molecule has 0 fully saturated rings. The Kier molecular flexibility index (Phi) is 7.15. The summed E-state index contributed by atoms with van der Waals surface area (Å²) in [7, 11) is 1.54. The molecular formula is C20H18Cl2N4O3S. The van der Waals surface area contributed by atoms with E-state index in [0.29, 0.717) is 42.8 Å². The molecule has 0 spiro atoms. The maximum Gasteiger partial charge on any atom is 0.283 e. The number of nitrogens with one attached hydrogen (secondary N) is 1. The van der Waals surface area contributed by atoms with Crippen molar-refractivity contribution in [2.24, 2.45) is 5.10 Å². The summed E-state index contributed by atoms with van der Waals surface area (Å²) in [4.78, 5) is 16.7. The maximum absolute atomic E-state index is 12.3. The van der Waals surface area contributed by atoms with Gasteiger partial charge in [-0.1, -0.05) is 46.7 Å². The lowest BCUT2D eigenvalue weighted by atomic mass is 10.2. The molecule has 7 nitrogen and oxygen atoms in total. The molecule has 1 aromatic heterocycles. The second kappa shape index (κ2) is 9.80. The Morgan fingerprint density at radius 1 is 1.33 bits per heavy atom. The van der Waals surface area contributed by atoms with E-state index in [1.54, 1.807) is 43.3 Å². The number of anilines is 1. The zero-order chi connectivity index (χ0) is 21.7. The number of rotatable bonds is 7. The summed E-state index contributed by atoms with van der Waals surface area (Å²) in [5.41, 5.74) is 10.0. The lowest BCUT2D eigenvalue weighted by Gasteiger charge is -2.14. The van der Waals surface area contributed by atoms with Crippen LogP contribution in [0.4, 0.5) is 5.13 Å². The van der Waals surface area contributed by atoms with Gasteiger partial charge in [0.05, 0.1) is 19.0 Å². The first-order valence-electron chi connectivity index (χ1n) is 8.69. The number of hydrogen-bond acceptors (Lipinski definition) is 7. The first-order valence-corrected chi connectivity index (χ1v) is 10.3. The van der Waals surface area contributed by atoms with Gasteiger partial charge in [0.2, 0.25) is 0 Å². The third-order valence-electron chi connectivity index (χ3n) is 4.01. The van der Waals surface area contributed by atoms with Crippen molar-refractivity contribution in [3.63, 3.8) is 0 Å². The minimum Gasteiger partial charge on any atom is -0.493 e. The summed E-state index contributed by atoms with van der Waals surface area (Å²) in [5, 5.41) is 5.39. The summed E-state index contributed by atoms with van der Waals surface area (Å²) in [5.74, 6) is 0.583. The molecule has 0 radical (unpaired) electrons. The fraction of sp³-hybridized carbons (Fsp3) is 0.150. The maximum atomic E-state index is 12.3. The number of para-hydroxylation sites is 1. The van der Waals surface area contributed by atoms with E-state index in [9.17, 15) is 4.79 Å². The van der Waals surface area contributed by atoms with Crippen LogP contribution in [0.15, 0.2) is 41.5 Å². The molecule has 1 heterocycles. The number of thiazole rings is 1. The Morgan fingerprint density at radius 3 is 2.80 bits per heavy atom. The van der Waals surface area contributed by atoms with E-state index >= 15 is 0 Å². The molecule has 0 atom stereocenters. The second-order valence-corrected chi connectivity index (χ2v) is 7.94. The van der Waals surface area contributed by atoms with Gasteiger partial charge in [-0.2, -0.15) is 5.10 Å². The number of aryl methyl sites for hydroxylation is 1. The van der Waals surface area contributed by atoms with Gasteiger partial charge >= 0.3 is 0 Å². The highest BCUT2D eigenvalue weighted by Gasteiger charge is 2.14. The van der Waals surface area contributed by atoms with Crippen molar-refractivity contribution in [3.8, 4) is 11.5 Å². The van der Waals surface area contributed by atoms with Crippen LogP contribution in [-0.2, 0) is 6.61 Å². The molecule has 3 N–H and O–H groups in total. The number of carbonyl (C=O) groups excluding carboxylic acids is 1. The zero-order valence-electron chi connectivity index (χ0n) is 16.1. The number of amides is 1. The van der Waals surface area contributed by atoms with Gasteiger partial charge in [-0.05, 0) is 31.2 Å². The van der Waals surface area contributed by atoms with Crippen molar-refractivity contribution >= 4 is 51.8 Å². The van der Waals surface area contributed by atoms with Crippen molar-refractivity contribution in [2.75, 3.05) is 12.8 Å². The van der Waals surface area contributed by atoms with Gasteiger partial charge in [0.1, 0.15) is 11.5 Å². The van der Waals surface area contributed by atoms with Crippen molar-refractivity contribution in [1.82, 2.24) is 10.4 Å². The van der Waals surface area contributed by atoms with Gasteiger partial charge in [-0.3, -0.25) is 4.79 Å². The molecular weight excluding hydrogens is 447 g/mol. The third-order valence-corrected chi connectivity index (χ3v) is 5.58. The molecule has 0 aliphatic heterocycles. The van der Waals surface area contributed by atoms with Crippen molar-refractivity contribution in [2.45, 2.75) is 13.5 Å². The summed E-state index contributed by atoms with van der Waals surface area (Å²) < 4.78 is 11.3. The highest BCUT2D eigenvalue weighted by atomic mass is 35.5. The van der Waals surface area contributed by atoms with Crippen LogP contribution < -0.4 is 20.6 Å². The number of methoxy groups -OCH3 is 1. The average molecular weight is 465 g/mol. The van der Waals surface area contributed by atoms with Crippen LogP contribution in [0.1, 0.15) is 26.5 Å². The summed E-state index contributed by atoms with van der Waals surface area (Å²) in [6.45, 7) is 1.91. The Bertz CT molecular complexity index is 1100. The Labute approximate surface area is 187 Å². The molecule has 0 aliphatic rings. The first kappa shape index (κ1) is 21.9. The number of nitrogen functional groups attached to an aromatic ring is 1. The highest BCUT2D eigenvalue weighted by Crippen LogP contribution is 2.32. The van der Waals surface area contributed by atoms with Crippen LogP contribution in [0.5, 0.6) is 11.5 Å². The fourth-order valence-electron chi connectivity index (χ4n) is 2.58. The number of halogens is 2. The standard InChI is InChI=1S/C20H18Cl2N4O3S/c1-11-18(30-20(23)25-11)19(27)26-24-9-12-4-3-5-16(28-2)17(12)29-10-13-6-7-14(21)8-15(13)22/h3-9H,10H2,1-2H3,(H2,23,25)(H,26,27). The number of ether oxygens (including phenoxy) is 2. The van der Waals surface area contributed by atoms with E-state index < -0.39 is 5.91 Å². The second-order valence-electron chi connectivity index (χ2n) is 6.07. The molecule has 156 valence electrons. The van der Waals surface area contributed by atoms with Crippen LogP contribution in [0.25, 0.3) is 0 Å². The molecule has 0 unspecified atom stereocenters. The van der Waals surface area contributed by atoms with Gasteiger partial charge in [0.15, 0.2) is 16.6 Å². The largest absolute Gasteiger partial charge is 0.493 e. The van der Waals surface area contributed by atoms with E-state index in [1.807, 2.05) is 0 Å². The van der Waals surface area contributed by atoms with Crippen LogP contribution in [0.3, 0.4) is 0 Å². The summed E-state index contributed by atoms with van der Waals surface area (Å²) in [6.07, 6.45) is 1.47. The predicted octanol–water partition coefficient (Wildman–Crippen LogP) is 4.69. The molecule has 0 bridgehead atoms. The lowest BCUT2D eigenvalue weighted by Crippen LogP contribution is -2.17. The molecule has 0 saturated carbocycles. The molecule has 30 heavy (non-hydrogen) atoms. The molecule has 3 rings (SSSR count). The SMILES string of the molecule is COc1cccc(C=NNC(=O)c2sc(N)nc2C)c1OCc1ccc(Cl)cc1Cl. The number of nitrogens with zero attached hydrogens (tertiary/aromatic N) is 2. The molecule has 1 amide bonds. The highest BCUT2D eigenvalue weighted by molar-refractivity contribution is 7.17. The number of hydrogen-bond donors (Lipinski definition) is 2. The summed E-state index contributed by atoms with van der Waals surface area (Å²) in [6, 6.07) is 10.5. The van der Waals surface area contributed by atoms with Crippen LogP contribution in [0, 0.1) is 6.92 Å². The van der Waals surface area contributed by atoms with Gasteiger partial charge in [0, 0.05) is 21.2 Å². The number of hydrazone groups is 1. The smallest absolute Gasteiger partial charge is 0.283 e. The lowest BCUT2D eigenvalue weighted by molar-refractivity contribution is 0.0958. The van der Waals surface area contributed by atoms with E-state index in [1.165, 1.54) is 13.3 Å². The topological polar surface area (TPSA) is 98.8 Å². The Balaban J connectivity index is 1.77. The average Bonchev–Trinajstić information content (AvgIpc) is 3.05. The quantitative estimate of drug-likeness (QED) is 0.390. The predicted molar refractivity (Wildman–Crippen MR) is 120 cm³/mol. The van der Waals surface area contributed by atoms with Crippen LogP contribution >= 0.6 is 34.5 Å². The van der Waals surface area contributed by atoms with Crippen molar-refractivity contribution in [3.05, 3.63) is 68.1 Å². The van der Waals surface area contributed by atoms with Gasteiger partial charge < -0.3 is 15.2 Å². The van der Waals surface area contributed by atoms with Gasteiger partial charge in [-0.15, -0.1) is 0 Å². The van der Waals surface area contributed by atoms with E-state index in [4.69, 9.17) is 38.4 Å². The number of nitrogens with two attached hydrogens (primary N) is 1. The minimum absolute atomic E-state index is 0.197. The normalized spacial score (nSPS) is 10.9. The number of aromatic nitrogens is 1. The third kappa shape index (κ3) is 5.21. The minimum atomic E-state index is -0.392. The van der Waals surface area contributed by atoms with E-state index in [2.05, 4.69) is 15.5 Å². The van der Waals surface area contributed by atoms with Gasteiger partial charge in [0.25, 0.3) is 5.91 Å². The molecule has 0 aliphatic carbocycles. The Hall–Kier alpha value is -2.81. The fourth-order valence-corrected chi connectivity index (χ4v) is 3.76. The van der Waals surface area contributed by atoms with E-state index in [0.717, 1.165) is 16.9 Å². The molecule has 0 saturated heterocycles.